The van der Waals surface area contributed by atoms with Gasteiger partial charge >= 0.3 is 5.97 Å². The Morgan fingerprint density at radius 3 is 1.93 bits per heavy atom. The van der Waals surface area contributed by atoms with Crippen LogP contribution in [0.2, 0.25) is 0 Å². The average molecular weight is 573 g/mol. The molecular formula is C32H26Cl2N2O4. The summed E-state index contributed by atoms with van der Waals surface area (Å²) >= 11 is 13.0. The molecule has 0 aromatic heterocycles. The zero-order valence-corrected chi connectivity index (χ0v) is 22.9. The fourth-order valence-corrected chi connectivity index (χ4v) is 4.93. The number of hydrogen-bond acceptors (Lipinski definition) is 5. The summed E-state index contributed by atoms with van der Waals surface area (Å²) in [6.45, 7) is 0.462. The van der Waals surface area contributed by atoms with Gasteiger partial charge in [0.15, 0.2) is 12.1 Å². The van der Waals surface area contributed by atoms with Crippen LogP contribution in [0.3, 0.4) is 0 Å². The largest absolute Gasteiger partial charge is 0.489 e. The summed E-state index contributed by atoms with van der Waals surface area (Å²) < 4.78 is 11.5. The maximum atomic E-state index is 13.4. The Bertz CT molecular complexity index is 1470. The molecule has 0 radical (unpaired) electrons. The van der Waals surface area contributed by atoms with Gasteiger partial charge in [-0.25, -0.2) is 4.79 Å². The number of alkyl halides is 1. The van der Waals surface area contributed by atoms with E-state index in [9.17, 15) is 9.59 Å². The van der Waals surface area contributed by atoms with E-state index in [1.807, 2.05) is 78.9 Å². The second-order valence-electron chi connectivity index (χ2n) is 9.19. The molecule has 4 aromatic carbocycles. The van der Waals surface area contributed by atoms with Gasteiger partial charge in [-0.05, 0) is 28.8 Å². The summed E-state index contributed by atoms with van der Waals surface area (Å²) in [6, 6.07) is 33.2. The van der Waals surface area contributed by atoms with Crippen molar-refractivity contribution in [3.63, 3.8) is 0 Å². The Morgan fingerprint density at radius 2 is 1.35 bits per heavy atom. The molecule has 1 saturated heterocycles. The Hall–Kier alpha value is -4.13. The zero-order chi connectivity index (χ0) is 27.9. The van der Waals surface area contributed by atoms with Crippen LogP contribution in [0.15, 0.2) is 120 Å². The highest BCUT2D eigenvalue weighted by Crippen LogP contribution is 2.38. The topological polar surface area (TPSA) is 68.2 Å². The number of aliphatic imine (C=N–C) groups is 1. The predicted octanol–water partition coefficient (Wildman–Crippen LogP) is 6.51. The van der Waals surface area contributed by atoms with Crippen molar-refractivity contribution >= 4 is 40.2 Å². The van der Waals surface area contributed by atoms with Crippen molar-refractivity contribution < 1.29 is 19.1 Å². The fraction of sp³-hybridized carbons (Fsp3) is 0.156. The monoisotopic (exact) mass is 572 g/mol. The third kappa shape index (κ3) is 6.36. The first-order valence-corrected chi connectivity index (χ1v) is 13.5. The molecule has 1 aliphatic rings. The molecule has 4 aromatic rings. The molecule has 3 atom stereocenters. The number of rotatable bonds is 10. The number of β-lactam (4-membered cyclic amide) rings is 1. The van der Waals surface area contributed by atoms with E-state index in [2.05, 4.69) is 4.99 Å². The Balaban J connectivity index is 1.35. The maximum absolute atomic E-state index is 13.4. The predicted molar refractivity (Wildman–Crippen MR) is 155 cm³/mol. The SMILES string of the molecule is O=C(OCc1ccccc1)C(c1ccc(OCc2ccccc2)cc1)N1C(=O)[C@@H](N=C(Cl)c2ccccc2)[C@H]1Cl. The number of benzene rings is 4. The first-order valence-electron chi connectivity index (χ1n) is 12.7. The molecule has 1 heterocycles. The van der Waals surface area contributed by atoms with Crippen molar-refractivity contribution in [2.45, 2.75) is 30.8 Å². The molecule has 40 heavy (non-hydrogen) atoms. The Morgan fingerprint density at radius 1 is 0.800 bits per heavy atom. The molecule has 202 valence electrons. The molecule has 0 saturated carbocycles. The standard InChI is InChI=1S/C32H26Cl2N2O4/c33-29(25-14-8-3-9-15-25)35-27-30(34)36(31(27)37)28(32(38)40-21-23-12-6-2-7-13-23)24-16-18-26(19-17-24)39-20-22-10-4-1-5-11-22/h1-19,27-28,30H,20-21H2/t27-,28?,30-/m0/s1. The highest BCUT2D eigenvalue weighted by Gasteiger charge is 2.52. The first kappa shape index (κ1) is 27.4. The molecule has 0 bridgehead atoms. The lowest BCUT2D eigenvalue weighted by Gasteiger charge is -2.45. The van der Waals surface area contributed by atoms with Gasteiger partial charge in [0.25, 0.3) is 5.91 Å². The number of halogens is 2. The summed E-state index contributed by atoms with van der Waals surface area (Å²) in [5.41, 5.74) is 2.18. The van der Waals surface area contributed by atoms with Gasteiger partial charge in [0.1, 0.15) is 29.6 Å². The van der Waals surface area contributed by atoms with Crippen molar-refractivity contribution in [3.05, 3.63) is 138 Å². The van der Waals surface area contributed by atoms with Crippen LogP contribution in [-0.2, 0) is 27.5 Å². The Kier molecular flexibility index (Phi) is 8.79. The number of likely N-dealkylation sites (tertiary alicyclic amines) is 1. The minimum absolute atomic E-state index is 0.0604. The first-order chi connectivity index (χ1) is 19.5. The summed E-state index contributed by atoms with van der Waals surface area (Å²) in [7, 11) is 0. The van der Waals surface area contributed by atoms with Gasteiger partial charge in [0.2, 0.25) is 0 Å². The van der Waals surface area contributed by atoms with Crippen LogP contribution >= 0.6 is 23.2 Å². The minimum atomic E-state index is -1.07. The van der Waals surface area contributed by atoms with Gasteiger partial charge in [0, 0.05) is 5.56 Å². The van der Waals surface area contributed by atoms with Crippen molar-refractivity contribution in [2.24, 2.45) is 4.99 Å². The number of nitrogens with zero attached hydrogens (tertiary/aromatic N) is 2. The number of carbonyl (C=O) groups excluding carboxylic acids is 2. The maximum Gasteiger partial charge on any atom is 0.333 e. The Labute approximate surface area is 242 Å². The van der Waals surface area contributed by atoms with E-state index < -0.39 is 29.5 Å². The summed E-state index contributed by atoms with van der Waals surface area (Å²) in [6.07, 6.45) is 0. The number of ether oxygens (including phenoxy) is 2. The molecule has 8 heteroatoms. The molecule has 1 amide bonds. The van der Waals surface area contributed by atoms with Gasteiger partial charge in [0.05, 0.1) is 0 Å². The average Bonchev–Trinajstić information content (AvgIpc) is 3.01. The summed E-state index contributed by atoms with van der Waals surface area (Å²) in [5, 5.41) is 0.173. The molecule has 6 nitrogen and oxygen atoms in total. The van der Waals surface area contributed by atoms with Crippen molar-refractivity contribution in [1.82, 2.24) is 4.90 Å². The summed E-state index contributed by atoms with van der Waals surface area (Å²) in [5.74, 6) is -0.393. The number of esters is 1. The van der Waals surface area contributed by atoms with E-state index in [0.717, 1.165) is 11.1 Å². The van der Waals surface area contributed by atoms with Crippen molar-refractivity contribution in [1.29, 1.82) is 0 Å². The molecule has 0 N–H and O–H groups in total. The van der Waals surface area contributed by atoms with E-state index in [1.165, 1.54) is 4.90 Å². The second-order valence-corrected chi connectivity index (χ2v) is 9.99. The van der Waals surface area contributed by atoms with E-state index in [0.29, 0.717) is 23.5 Å². The fourth-order valence-electron chi connectivity index (χ4n) is 4.33. The molecule has 1 aliphatic heterocycles. The van der Waals surface area contributed by atoms with Crippen molar-refractivity contribution in [3.8, 4) is 5.75 Å². The lowest BCUT2D eigenvalue weighted by molar-refractivity contribution is -0.164. The van der Waals surface area contributed by atoms with Gasteiger partial charge in [-0.2, -0.15) is 0 Å². The molecule has 1 unspecified atom stereocenters. The van der Waals surface area contributed by atoms with Gasteiger partial charge < -0.3 is 14.4 Å². The molecule has 0 aliphatic carbocycles. The molecule has 5 rings (SSSR count). The van der Waals surface area contributed by atoms with Crippen LogP contribution in [0.4, 0.5) is 0 Å². The van der Waals surface area contributed by atoms with Crippen LogP contribution < -0.4 is 4.74 Å². The van der Waals surface area contributed by atoms with Crippen LogP contribution in [0.5, 0.6) is 5.75 Å². The lowest BCUT2D eigenvalue weighted by Crippen LogP contribution is -2.63. The normalized spacial score (nSPS) is 17.6. The zero-order valence-electron chi connectivity index (χ0n) is 21.4. The van der Waals surface area contributed by atoms with Crippen LogP contribution in [0.1, 0.15) is 28.3 Å². The quantitative estimate of drug-likeness (QED) is 0.0713. The van der Waals surface area contributed by atoms with Crippen molar-refractivity contribution in [2.75, 3.05) is 0 Å². The van der Waals surface area contributed by atoms with Crippen LogP contribution in [-0.4, -0.2) is 33.5 Å². The highest BCUT2D eigenvalue weighted by atomic mass is 35.5. The highest BCUT2D eigenvalue weighted by molar-refractivity contribution is 6.69. The molecule has 1 fully saturated rings. The third-order valence-corrected chi connectivity index (χ3v) is 7.23. The van der Waals surface area contributed by atoms with Crippen LogP contribution in [0.25, 0.3) is 0 Å². The van der Waals surface area contributed by atoms with E-state index in [4.69, 9.17) is 32.7 Å². The lowest BCUT2D eigenvalue weighted by atomic mass is 9.98. The van der Waals surface area contributed by atoms with Gasteiger partial charge in [-0.3, -0.25) is 9.79 Å². The molecule has 0 spiro atoms. The van der Waals surface area contributed by atoms with E-state index in [1.54, 1.807) is 36.4 Å². The smallest absolute Gasteiger partial charge is 0.333 e. The number of carbonyl (C=O) groups is 2. The van der Waals surface area contributed by atoms with Gasteiger partial charge in [-0.1, -0.05) is 126 Å². The second kappa shape index (κ2) is 12.8. The van der Waals surface area contributed by atoms with Gasteiger partial charge in [-0.15, -0.1) is 0 Å². The summed E-state index contributed by atoms with van der Waals surface area (Å²) in [4.78, 5) is 32.4. The molecular weight excluding hydrogens is 547 g/mol. The van der Waals surface area contributed by atoms with E-state index >= 15 is 0 Å². The van der Waals surface area contributed by atoms with Crippen LogP contribution in [0, 0.1) is 0 Å². The number of hydrogen-bond donors (Lipinski definition) is 0. The van der Waals surface area contributed by atoms with E-state index in [-0.39, 0.29) is 11.8 Å². The number of amides is 1. The third-order valence-electron chi connectivity index (χ3n) is 6.47. The minimum Gasteiger partial charge on any atom is -0.489 e.